The lowest BCUT2D eigenvalue weighted by Crippen LogP contribution is -2.23. The highest BCUT2D eigenvalue weighted by Crippen LogP contribution is 2.32. The van der Waals surface area contributed by atoms with Crippen LogP contribution in [0.3, 0.4) is 0 Å². The summed E-state index contributed by atoms with van der Waals surface area (Å²) in [5, 5.41) is 3.58. The Morgan fingerprint density at radius 1 is 1.10 bits per heavy atom. The van der Waals surface area contributed by atoms with E-state index in [1.54, 1.807) is 0 Å². The van der Waals surface area contributed by atoms with Crippen molar-refractivity contribution in [1.82, 2.24) is 5.32 Å². The molecule has 2 rings (SSSR count). The van der Waals surface area contributed by atoms with Crippen LogP contribution in [0.25, 0.3) is 0 Å². The van der Waals surface area contributed by atoms with Crippen LogP contribution in [0.5, 0.6) is 5.75 Å². The number of hydrogen-bond donors (Lipinski definition) is 1. The lowest BCUT2D eigenvalue weighted by atomic mass is 9.95. The average Bonchev–Trinajstić information content (AvgIpc) is 2.47. The Balaban J connectivity index is 2.41. The van der Waals surface area contributed by atoms with Gasteiger partial charge in [-0.15, -0.1) is 0 Å². The third-order valence-electron chi connectivity index (χ3n) is 3.50. The van der Waals surface area contributed by atoms with Crippen molar-refractivity contribution < 1.29 is 4.74 Å². The van der Waals surface area contributed by atoms with E-state index in [1.165, 1.54) is 16.7 Å². The van der Waals surface area contributed by atoms with Gasteiger partial charge in [-0.05, 0) is 49.2 Å². The molecular formula is C18H22BrNO. The monoisotopic (exact) mass is 347 g/mol. The lowest BCUT2D eigenvalue weighted by molar-refractivity contribution is 0.340. The van der Waals surface area contributed by atoms with Crippen LogP contribution >= 0.6 is 15.9 Å². The molecule has 0 aromatic heterocycles. The van der Waals surface area contributed by atoms with E-state index in [4.69, 9.17) is 4.74 Å². The maximum atomic E-state index is 5.56. The standard InChI is InChI=1S/C18H22BrNO/c1-4-20-18(15-9-7-6-8-13(15)3)16-11-10-14(21-5-2)12-17(16)19/h6-12,18,20H,4-5H2,1-3H3. The predicted octanol–water partition coefficient (Wildman–Crippen LogP) is 4.86. The first-order valence-electron chi connectivity index (χ1n) is 7.38. The second-order valence-corrected chi connectivity index (χ2v) is 5.82. The number of benzene rings is 2. The molecule has 2 aromatic carbocycles. The smallest absolute Gasteiger partial charge is 0.120 e. The van der Waals surface area contributed by atoms with E-state index in [9.17, 15) is 0 Å². The number of nitrogens with one attached hydrogen (secondary N) is 1. The lowest BCUT2D eigenvalue weighted by Gasteiger charge is -2.22. The molecule has 0 saturated carbocycles. The molecule has 2 aromatic rings. The van der Waals surface area contributed by atoms with Crippen LogP contribution in [0, 0.1) is 6.92 Å². The summed E-state index contributed by atoms with van der Waals surface area (Å²) < 4.78 is 6.63. The van der Waals surface area contributed by atoms with Gasteiger partial charge in [-0.25, -0.2) is 0 Å². The highest BCUT2D eigenvalue weighted by atomic mass is 79.9. The molecule has 0 aliphatic rings. The van der Waals surface area contributed by atoms with Crippen molar-refractivity contribution in [3.05, 3.63) is 63.6 Å². The van der Waals surface area contributed by atoms with Crippen molar-refractivity contribution in [3.8, 4) is 5.75 Å². The van der Waals surface area contributed by atoms with E-state index in [0.29, 0.717) is 6.61 Å². The van der Waals surface area contributed by atoms with Crippen molar-refractivity contribution in [3.63, 3.8) is 0 Å². The summed E-state index contributed by atoms with van der Waals surface area (Å²) in [4.78, 5) is 0. The Morgan fingerprint density at radius 3 is 2.48 bits per heavy atom. The maximum Gasteiger partial charge on any atom is 0.120 e. The summed E-state index contributed by atoms with van der Waals surface area (Å²) >= 11 is 3.69. The van der Waals surface area contributed by atoms with E-state index in [-0.39, 0.29) is 6.04 Å². The molecule has 0 fully saturated rings. The Hall–Kier alpha value is -1.32. The Labute approximate surface area is 135 Å². The van der Waals surface area contributed by atoms with Gasteiger partial charge in [0.25, 0.3) is 0 Å². The van der Waals surface area contributed by atoms with Crippen LogP contribution in [-0.4, -0.2) is 13.2 Å². The molecule has 1 atom stereocenters. The van der Waals surface area contributed by atoms with E-state index < -0.39 is 0 Å². The number of ether oxygens (including phenoxy) is 1. The van der Waals surface area contributed by atoms with Crippen molar-refractivity contribution in [1.29, 1.82) is 0 Å². The molecule has 1 N–H and O–H groups in total. The van der Waals surface area contributed by atoms with Gasteiger partial charge in [-0.3, -0.25) is 0 Å². The van der Waals surface area contributed by atoms with Gasteiger partial charge in [0.2, 0.25) is 0 Å². The minimum atomic E-state index is 0.182. The molecule has 0 spiro atoms. The van der Waals surface area contributed by atoms with Gasteiger partial charge in [-0.1, -0.05) is 53.2 Å². The van der Waals surface area contributed by atoms with Gasteiger partial charge in [0.05, 0.1) is 12.6 Å². The van der Waals surface area contributed by atoms with Crippen molar-refractivity contribution >= 4 is 15.9 Å². The molecule has 2 nitrogen and oxygen atoms in total. The third-order valence-corrected chi connectivity index (χ3v) is 4.19. The number of aryl methyl sites for hydroxylation is 1. The van der Waals surface area contributed by atoms with E-state index in [1.807, 2.05) is 19.1 Å². The predicted molar refractivity (Wildman–Crippen MR) is 92.0 cm³/mol. The SMILES string of the molecule is CCNC(c1ccccc1C)c1ccc(OCC)cc1Br. The minimum absolute atomic E-state index is 0.182. The third kappa shape index (κ3) is 3.86. The zero-order valence-corrected chi connectivity index (χ0v) is 14.4. The van der Waals surface area contributed by atoms with Crippen LogP contribution in [0.15, 0.2) is 46.9 Å². The quantitative estimate of drug-likeness (QED) is 0.805. The van der Waals surface area contributed by atoms with E-state index >= 15 is 0 Å². The molecule has 0 amide bonds. The number of rotatable bonds is 6. The zero-order chi connectivity index (χ0) is 15.2. The molecule has 0 radical (unpaired) electrons. The summed E-state index contributed by atoms with van der Waals surface area (Å²) in [6.45, 7) is 7.88. The fourth-order valence-corrected chi connectivity index (χ4v) is 3.09. The molecule has 21 heavy (non-hydrogen) atoms. The first-order chi connectivity index (χ1) is 10.2. The topological polar surface area (TPSA) is 21.3 Å². The Bertz CT molecular complexity index is 598. The van der Waals surface area contributed by atoms with Gasteiger partial charge >= 0.3 is 0 Å². The van der Waals surface area contributed by atoms with E-state index in [2.05, 4.69) is 65.4 Å². The second-order valence-electron chi connectivity index (χ2n) is 4.96. The Morgan fingerprint density at radius 2 is 1.86 bits per heavy atom. The first kappa shape index (κ1) is 16.1. The highest BCUT2D eigenvalue weighted by molar-refractivity contribution is 9.10. The number of hydrogen-bond acceptors (Lipinski definition) is 2. The molecule has 0 aliphatic heterocycles. The fourth-order valence-electron chi connectivity index (χ4n) is 2.50. The van der Waals surface area contributed by atoms with Crippen molar-refractivity contribution in [2.45, 2.75) is 26.8 Å². The molecule has 0 heterocycles. The van der Waals surface area contributed by atoms with Gasteiger partial charge in [0.1, 0.15) is 5.75 Å². The summed E-state index contributed by atoms with van der Waals surface area (Å²) in [6, 6.07) is 14.9. The van der Waals surface area contributed by atoms with Gasteiger partial charge in [0, 0.05) is 4.47 Å². The van der Waals surface area contributed by atoms with Gasteiger partial charge < -0.3 is 10.1 Å². The minimum Gasteiger partial charge on any atom is -0.494 e. The fraction of sp³-hybridized carbons (Fsp3) is 0.333. The molecular weight excluding hydrogens is 326 g/mol. The normalized spacial score (nSPS) is 12.2. The summed E-state index contributed by atoms with van der Waals surface area (Å²) in [5.74, 6) is 0.896. The number of halogens is 1. The zero-order valence-electron chi connectivity index (χ0n) is 12.8. The van der Waals surface area contributed by atoms with Crippen LogP contribution < -0.4 is 10.1 Å². The summed E-state index contributed by atoms with van der Waals surface area (Å²) in [6.07, 6.45) is 0. The van der Waals surface area contributed by atoms with Crippen LogP contribution in [0.2, 0.25) is 0 Å². The van der Waals surface area contributed by atoms with Crippen LogP contribution in [-0.2, 0) is 0 Å². The van der Waals surface area contributed by atoms with Gasteiger partial charge in [0.15, 0.2) is 0 Å². The summed E-state index contributed by atoms with van der Waals surface area (Å²) in [7, 11) is 0. The Kier molecular flexibility index (Phi) is 5.83. The molecule has 112 valence electrons. The molecule has 0 aliphatic carbocycles. The average molecular weight is 348 g/mol. The molecule has 0 saturated heterocycles. The molecule has 3 heteroatoms. The van der Waals surface area contributed by atoms with Crippen LogP contribution in [0.1, 0.15) is 36.6 Å². The first-order valence-corrected chi connectivity index (χ1v) is 8.17. The highest BCUT2D eigenvalue weighted by Gasteiger charge is 2.17. The van der Waals surface area contributed by atoms with Crippen LogP contribution in [0.4, 0.5) is 0 Å². The molecule has 1 unspecified atom stereocenters. The van der Waals surface area contributed by atoms with Crippen molar-refractivity contribution in [2.24, 2.45) is 0 Å². The second kappa shape index (κ2) is 7.62. The largest absolute Gasteiger partial charge is 0.494 e. The van der Waals surface area contributed by atoms with E-state index in [0.717, 1.165) is 16.8 Å². The molecule has 0 bridgehead atoms. The maximum absolute atomic E-state index is 5.56. The van der Waals surface area contributed by atoms with Gasteiger partial charge in [-0.2, -0.15) is 0 Å². The van der Waals surface area contributed by atoms with Crippen molar-refractivity contribution in [2.75, 3.05) is 13.2 Å². The summed E-state index contributed by atoms with van der Waals surface area (Å²) in [5.41, 5.74) is 3.84.